The van der Waals surface area contributed by atoms with E-state index in [4.69, 9.17) is 19.4 Å². The van der Waals surface area contributed by atoms with Crippen molar-refractivity contribution in [3.63, 3.8) is 0 Å². The molecular weight excluding hydrogens is 673 g/mol. The van der Waals surface area contributed by atoms with Gasteiger partial charge in [-0.2, -0.15) is 0 Å². The van der Waals surface area contributed by atoms with E-state index in [-0.39, 0.29) is 28.7 Å². The highest BCUT2D eigenvalue weighted by molar-refractivity contribution is 6.08. The molecule has 8 heteroatoms. The number of carbonyl (C=O) groups excluding carboxylic acids is 2. The number of amides is 2. The van der Waals surface area contributed by atoms with Gasteiger partial charge in [0.2, 0.25) is 0 Å². The number of hydrogen-bond acceptors (Lipinski definition) is 6. The summed E-state index contributed by atoms with van der Waals surface area (Å²) >= 11 is 0. The van der Waals surface area contributed by atoms with Gasteiger partial charge in [0, 0.05) is 34.5 Å². The van der Waals surface area contributed by atoms with Crippen molar-refractivity contribution in [1.82, 2.24) is 20.6 Å². The predicted octanol–water partition coefficient (Wildman–Crippen LogP) is 9.66. The van der Waals surface area contributed by atoms with Crippen molar-refractivity contribution >= 4 is 33.6 Å². The molecule has 7 rings (SSSR count). The Kier molecular flexibility index (Phi) is 10.4. The second-order valence-electron chi connectivity index (χ2n) is 15.5. The molecule has 0 unspecified atom stereocenters. The van der Waals surface area contributed by atoms with E-state index in [1.807, 2.05) is 123 Å². The topological polar surface area (TPSA) is 102 Å². The van der Waals surface area contributed by atoms with Crippen molar-refractivity contribution in [2.45, 2.75) is 59.9 Å². The number of nitrogens with one attached hydrogen (secondary N) is 2. The van der Waals surface area contributed by atoms with Gasteiger partial charge in [0.15, 0.2) is 0 Å². The number of pyridine rings is 2. The third kappa shape index (κ3) is 8.08. The van der Waals surface area contributed by atoms with E-state index in [1.165, 1.54) is 0 Å². The van der Waals surface area contributed by atoms with Gasteiger partial charge >= 0.3 is 0 Å². The number of fused-ring (bicyclic) bond motifs is 2. The normalized spacial score (nSPS) is 17.9. The summed E-state index contributed by atoms with van der Waals surface area (Å²) in [4.78, 5) is 38.1. The monoisotopic (exact) mass is 720 g/mol. The van der Waals surface area contributed by atoms with Crippen LogP contribution in [0.3, 0.4) is 0 Å². The number of aromatic nitrogens is 2. The molecule has 8 nitrogen and oxygen atoms in total. The highest BCUT2D eigenvalue weighted by atomic mass is 16.5. The maximum atomic E-state index is 14.2. The Morgan fingerprint density at radius 2 is 1.15 bits per heavy atom. The van der Waals surface area contributed by atoms with E-state index in [0.717, 1.165) is 75.1 Å². The number of carbonyl (C=O) groups is 2. The van der Waals surface area contributed by atoms with Crippen molar-refractivity contribution in [3.8, 4) is 34.0 Å². The van der Waals surface area contributed by atoms with Crippen molar-refractivity contribution in [1.29, 1.82) is 0 Å². The Labute approximate surface area is 317 Å². The molecule has 6 aromatic rings. The zero-order valence-electron chi connectivity index (χ0n) is 31.7. The van der Waals surface area contributed by atoms with Crippen LogP contribution >= 0.6 is 0 Å². The van der Waals surface area contributed by atoms with Gasteiger partial charge in [-0.3, -0.25) is 9.59 Å². The van der Waals surface area contributed by atoms with E-state index in [9.17, 15) is 9.59 Å². The zero-order valence-corrected chi connectivity index (χ0v) is 31.7. The molecule has 1 aliphatic rings. The summed E-state index contributed by atoms with van der Waals surface area (Å²) in [5, 5.41) is 8.31. The van der Waals surface area contributed by atoms with Crippen molar-refractivity contribution in [3.05, 3.63) is 120 Å². The molecule has 4 aromatic carbocycles. The molecule has 276 valence electrons. The molecule has 2 atom stereocenters. The Morgan fingerprint density at radius 1 is 0.667 bits per heavy atom. The summed E-state index contributed by atoms with van der Waals surface area (Å²) in [6, 6.07) is 34.8. The first-order chi connectivity index (χ1) is 26.0. The molecule has 0 bridgehead atoms. The van der Waals surface area contributed by atoms with Gasteiger partial charge in [0.1, 0.15) is 11.5 Å². The smallest absolute Gasteiger partial charge is 0.252 e. The minimum Gasteiger partial charge on any atom is -0.494 e. The quantitative estimate of drug-likeness (QED) is 0.138. The van der Waals surface area contributed by atoms with Gasteiger partial charge in [-0.05, 0) is 117 Å². The van der Waals surface area contributed by atoms with Crippen LogP contribution in [-0.4, -0.2) is 47.6 Å². The Bertz CT molecular complexity index is 2300. The largest absolute Gasteiger partial charge is 0.494 e. The fourth-order valence-electron chi connectivity index (χ4n) is 8.32. The zero-order chi connectivity index (χ0) is 37.9. The highest BCUT2D eigenvalue weighted by Crippen LogP contribution is 2.46. The first-order valence-electron chi connectivity index (χ1n) is 18.9. The third-order valence-corrected chi connectivity index (χ3v) is 10.3. The van der Waals surface area contributed by atoms with E-state index < -0.39 is 0 Å². The van der Waals surface area contributed by atoms with E-state index >= 15 is 0 Å². The van der Waals surface area contributed by atoms with Gasteiger partial charge in [0.05, 0.1) is 46.8 Å². The average molecular weight is 721 g/mol. The maximum absolute atomic E-state index is 14.2. The van der Waals surface area contributed by atoms with Gasteiger partial charge < -0.3 is 20.1 Å². The lowest BCUT2D eigenvalue weighted by Crippen LogP contribution is -2.50. The van der Waals surface area contributed by atoms with Gasteiger partial charge in [-0.15, -0.1) is 0 Å². The summed E-state index contributed by atoms with van der Waals surface area (Å²) in [6.07, 6.45) is 2.46. The van der Waals surface area contributed by atoms with Crippen LogP contribution in [-0.2, 0) is 0 Å². The van der Waals surface area contributed by atoms with Crippen LogP contribution in [0.2, 0.25) is 0 Å². The molecule has 0 spiro atoms. The number of rotatable bonds is 11. The summed E-state index contributed by atoms with van der Waals surface area (Å²) in [5.41, 5.74) is 5.65. The predicted molar refractivity (Wildman–Crippen MR) is 216 cm³/mol. The molecule has 54 heavy (non-hydrogen) atoms. The van der Waals surface area contributed by atoms with Crippen LogP contribution in [0.25, 0.3) is 44.3 Å². The van der Waals surface area contributed by atoms with Gasteiger partial charge in [0.25, 0.3) is 11.8 Å². The molecule has 0 saturated heterocycles. The first-order valence-corrected chi connectivity index (χ1v) is 18.9. The van der Waals surface area contributed by atoms with E-state index in [0.29, 0.717) is 30.9 Å². The van der Waals surface area contributed by atoms with E-state index in [2.05, 4.69) is 31.4 Å². The average Bonchev–Trinajstić information content (AvgIpc) is 3.16. The molecule has 2 N–H and O–H groups in total. The number of hydrogen-bond donors (Lipinski definition) is 2. The molecule has 2 amide bonds. The van der Waals surface area contributed by atoms with E-state index in [1.54, 1.807) is 0 Å². The molecule has 0 radical (unpaired) electrons. The third-order valence-electron chi connectivity index (χ3n) is 10.3. The van der Waals surface area contributed by atoms with Crippen LogP contribution in [0.1, 0.15) is 74.6 Å². The standard InChI is InChI=1S/C46H48N4O4/c1-6-53-33-20-16-30(17-21-33)41-24-37(35-12-8-10-14-39(35)49-41)43(51)47-29-46(5)27-32(26-45(3,4)28-46)48-44(52)38-25-42(50-40-15-11-9-13-36(38)40)31-18-22-34(23-19-31)54-7-2/h8-25,32H,6-7,26-29H2,1-5H3,(H,47,51)(H,48,52)/t32-,46+/m0/s1. The Morgan fingerprint density at radius 3 is 1.65 bits per heavy atom. The SMILES string of the molecule is CCOc1ccc(-c2cc(C(=O)NC[C@]3(C)C[C@@H](NC(=O)c4cc(-c5ccc(OCC)cc5)nc5ccccc45)CC(C)(C)C3)c3ccccc3n2)cc1. The van der Waals surface area contributed by atoms with Crippen LogP contribution in [0.15, 0.2) is 109 Å². The fraction of sp³-hybridized carbons (Fsp3) is 0.304. The first kappa shape index (κ1) is 36.6. The van der Waals surface area contributed by atoms with Gasteiger partial charge in [-0.25, -0.2) is 9.97 Å². The number of para-hydroxylation sites is 2. The number of nitrogens with zero attached hydrogens (tertiary/aromatic N) is 2. The molecule has 2 heterocycles. The van der Waals surface area contributed by atoms with Crippen LogP contribution in [0, 0.1) is 10.8 Å². The minimum absolute atomic E-state index is 0.0619. The molecule has 1 fully saturated rings. The second-order valence-corrected chi connectivity index (χ2v) is 15.5. The number of ether oxygens (including phenoxy) is 2. The number of benzene rings is 4. The van der Waals surface area contributed by atoms with Gasteiger partial charge in [-0.1, -0.05) is 57.2 Å². The lowest BCUT2D eigenvalue weighted by atomic mass is 9.62. The fourth-order valence-corrected chi connectivity index (χ4v) is 8.32. The minimum atomic E-state index is -0.260. The summed E-state index contributed by atoms with van der Waals surface area (Å²) in [5.74, 6) is 1.32. The molecule has 2 aromatic heterocycles. The molecular formula is C46H48N4O4. The molecule has 1 aliphatic carbocycles. The van der Waals surface area contributed by atoms with Crippen LogP contribution < -0.4 is 20.1 Å². The summed E-state index contributed by atoms with van der Waals surface area (Å²) in [7, 11) is 0. The summed E-state index contributed by atoms with van der Waals surface area (Å²) < 4.78 is 11.3. The van der Waals surface area contributed by atoms with Crippen LogP contribution in [0.5, 0.6) is 11.5 Å². The Balaban J connectivity index is 1.10. The van der Waals surface area contributed by atoms with Crippen molar-refractivity contribution in [2.24, 2.45) is 10.8 Å². The molecule has 1 saturated carbocycles. The highest BCUT2D eigenvalue weighted by Gasteiger charge is 2.42. The maximum Gasteiger partial charge on any atom is 0.252 e. The Hall–Kier alpha value is -5.76. The van der Waals surface area contributed by atoms with Crippen molar-refractivity contribution in [2.75, 3.05) is 19.8 Å². The second kappa shape index (κ2) is 15.3. The molecule has 0 aliphatic heterocycles. The lowest BCUT2D eigenvalue weighted by Gasteiger charge is -2.47. The summed E-state index contributed by atoms with van der Waals surface area (Å²) in [6.45, 7) is 12.3. The van der Waals surface area contributed by atoms with Crippen molar-refractivity contribution < 1.29 is 19.1 Å². The lowest BCUT2D eigenvalue weighted by molar-refractivity contribution is 0.0593. The van der Waals surface area contributed by atoms with Crippen LogP contribution in [0.4, 0.5) is 0 Å².